The van der Waals surface area contributed by atoms with Crippen molar-refractivity contribution >= 4 is 11.8 Å². The van der Waals surface area contributed by atoms with Gasteiger partial charge in [-0.3, -0.25) is 9.59 Å². The lowest BCUT2D eigenvalue weighted by molar-refractivity contribution is -0.134. The molecule has 1 unspecified atom stereocenters. The van der Waals surface area contributed by atoms with E-state index in [0.29, 0.717) is 6.54 Å². The van der Waals surface area contributed by atoms with Crippen molar-refractivity contribution in [3.05, 3.63) is 35.6 Å². The van der Waals surface area contributed by atoms with E-state index in [1.807, 2.05) is 0 Å². The predicted octanol–water partition coefficient (Wildman–Crippen LogP) is 0.929. The zero-order valence-electron chi connectivity index (χ0n) is 11.7. The topological polar surface area (TPSA) is 69.6 Å². The van der Waals surface area contributed by atoms with Crippen molar-refractivity contribution < 1.29 is 19.1 Å². The molecule has 5 nitrogen and oxygen atoms in total. The number of halogens is 1. The first-order valence-electron chi connectivity index (χ1n) is 7.06. The van der Waals surface area contributed by atoms with Crippen LogP contribution in [0, 0.1) is 5.82 Å². The molecule has 6 heteroatoms. The van der Waals surface area contributed by atoms with Gasteiger partial charge in [0.25, 0.3) is 5.91 Å². The van der Waals surface area contributed by atoms with Crippen LogP contribution in [0.5, 0.6) is 0 Å². The minimum atomic E-state index is -0.617. The van der Waals surface area contributed by atoms with Crippen LogP contribution in [0.25, 0.3) is 0 Å². The zero-order chi connectivity index (χ0) is 15.2. The fourth-order valence-electron chi connectivity index (χ4n) is 2.52. The van der Waals surface area contributed by atoms with Crippen LogP contribution in [0.4, 0.5) is 4.39 Å². The third-order valence-corrected chi connectivity index (χ3v) is 3.68. The molecule has 21 heavy (non-hydrogen) atoms. The summed E-state index contributed by atoms with van der Waals surface area (Å²) in [7, 11) is 0. The summed E-state index contributed by atoms with van der Waals surface area (Å²) in [5, 5.41) is 11.7. The van der Waals surface area contributed by atoms with Crippen LogP contribution in [-0.4, -0.2) is 47.6 Å². The summed E-state index contributed by atoms with van der Waals surface area (Å²) in [4.78, 5) is 25.5. The van der Waals surface area contributed by atoms with Crippen molar-refractivity contribution in [3.63, 3.8) is 0 Å². The molecule has 1 heterocycles. The summed E-state index contributed by atoms with van der Waals surface area (Å²) in [5.74, 6) is -1.48. The Bertz CT molecular complexity index is 521. The number of nitrogens with one attached hydrogen (secondary N) is 1. The van der Waals surface area contributed by atoms with Gasteiger partial charge in [-0.25, -0.2) is 4.39 Å². The van der Waals surface area contributed by atoms with Gasteiger partial charge in [-0.2, -0.15) is 0 Å². The fraction of sp³-hybridized carbons (Fsp3) is 0.467. The Labute approximate surface area is 122 Å². The second kappa shape index (κ2) is 7.17. The Balaban J connectivity index is 1.91. The van der Waals surface area contributed by atoms with E-state index in [-0.39, 0.29) is 30.7 Å². The van der Waals surface area contributed by atoms with Gasteiger partial charge in [-0.05, 0) is 31.4 Å². The number of hydrogen-bond donors (Lipinski definition) is 2. The number of benzene rings is 1. The number of hydrogen-bond acceptors (Lipinski definition) is 3. The number of carbonyl (C=O) groups excluding carboxylic acids is 2. The van der Waals surface area contributed by atoms with Crippen LogP contribution in [0.15, 0.2) is 24.3 Å². The van der Waals surface area contributed by atoms with Gasteiger partial charge >= 0.3 is 0 Å². The quantitative estimate of drug-likeness (QED) is 0.868. The summed E-state index contributed by atoms with van der Waals surface area (Å²) in [6.07, 6.45) is 2.64. The lowest BCUT2D eigenvalue weighted by atomic mass is 10.0. The van der Waals surface area contributed by atoms with Gasteiger partial charge in [0.2, 0.25) is 5.91 Å². The molecule has 1 fully saturated rings. The highest BCUT2D eigenvalue weighted by Crippen LogP contribution is 2.16. The van der Waals surface area contributed by atoms with Crippen LogP contribution < -0.4 is 5.32 Å². The standard InChI is InChI=1S/C15H19FN2O3/c16-13-7-2-1-6-12(13)15(21)17-9-14(20)18-8-4-3-5-11(18)10-19/h1-2,6-7,11,19H,3-5,8-10H2,(H,17,21). The molecule has 2 N–H and O–H groups in total. The number of aliphatic hydroxyl groups excluding tert-OH is 1. The number of amides is 2. The Morgan fingerprint density at radius 3 is 2.81 bits per heavy atom. The van der Waals surface area contributed by atoms with Crippen LogP contribution >= 0.6 is 0 Å². The largest absolute Gasteiger partial charge is 0.394 e. The van der Waals surface area contributed by atoms with Gasteiger partial charge in [0.05, 0.1) is 24.8 Å². The van der Waals surface area contributed by atoms with Gasteiger partial charge in [-0.1, -0.05) is 12.1 Å². The van der Waals surface area contributed by atoms with Crippen molar-refractivity contribution in [2.45, 2.75) is 25.3 Å². The number of nitrogens with zero attached hydrogens (tertiary/aromatic N) is 1. The van der Waals surface area contributed by atoms with Crippen molar-refractivity contribution in [3.8, 4) is 0 Å². The molecule has 1 aromatic rings. The molecule has 0 aromatic heterocycles. The molecule has 0 bridgehead atoms. The van der Waals surface area contributed by atoms with E-state index in [4.69, 9.17) is 0 Å². The predicted molar refractivity (Wildman–Crippen MR) is 75.2 cm³/mol. The molecule has 1 aliphatic heterocycles. The van der Waals surface area contributed by atoms with Gasteiger partial charge < -0.3 is 15.3 Å². The van der Waals surface area contributed by atoms with E-state index in [2.05, 4.69) is 5.32 Å². The molecule has 1 aromatic carbocycles. The van der Waals surface area contributed by atoms with Gasteiger partial charge in [0, 0.05) is 6.54 Å². The number of aliphatic hydroxyl groups is 1. The summed E-state index contributed by atoms with van der Waals surface area (Å²) < 4.78 is 13.4. The minimum absolute atomic E-state index is 0.0764. The van der Waals surface area contributed by atoms with E-state index in [1.54, 1.807) is 11.0 Å². The number of carbonyl (C=O) groups is 2. The van der Waals surface area contributed by atoms with E-state index in [9.17, 15) is 19.1 Å². The molecule has 2 amide bonds. The van der Waals surface area contributed by atoms with Crippen molar-refractivity contribution in [2.75, 3.05) is 19.7 Å². The normalized spacial score (nSPS) is 18.4. The third kappa shape index (κ3) is 3.78. The maximum atomic E-state index is 13.4. The molecule has 114 valence electrons. The average Bonchev–Trinajstić information content (AvgIpc) is 2.52. The van der Waals surface area contributed by atoms with Crippen LogP contribution in [0.1, 0.15) is 29.6 Å². The van der Waals surface area contributed by atoms with Crippen LogP contribution in [0.2, 0.25) is 0 Å². The maximum absolute atomic E-state index is 13.4. The highest BCUT2D eigenvalue weighted by atomic mass is 19.1. The molecular formula is C15H19FN2O3. The number of piperidine rings is 1. The van der Waals surface area contributed by atoms with Gasteiger partial charge in [-0.15, -0.1) is 0 Å². The zero-order valence-corrected chi connectivity index (χ0v) is 11.7. The molecule has 1 atom stereocenters. The Morgan fingerprint density at radius 1 is 1.33 bits per heavy atom. The maximum Gasteiger partial charge on any atom is 0.254 e. The molecule has 1 aliphatic rings. The Hall–Kier alpha value is -1.95. The molecule has 0 saturated carbocycles. The second-order valence-electron chi connectivity index (χ2n) is 5.08. The Morgan fingerprint density at radius 2 is 2.10 bits per heavy atom. The molecule has 0 spiro atoms. The lowest BCUT2D eigenvalue weighted by Gasteiger charge is -2.34. The summed E-state index contributed by atoms with van der Waals surface area (Å²) in [6, 6.07) is 5.44. The monoisotopic (exact) mass is 294 g/mol. The summed E-state index contributed by atoms with van der Waals surface area (Å²) in [6.45, 7) is 0.316. The highest BCUT2D eigenvalue weighted by Gasteiger charge is 2.26. The fourth-order valence-corrected chi connectivity index (χ4v) is 2.52. The molecule has 0 aliphatic carbocycles. The number of likely N-dealkylation sites (tertiary alicyclic amines) is 1. The van der Waals surface area contributed by atoms with Crippen LogP contribution in [0.3, 0.4) is 0 Å². The molecular weight excluding hydrogens is 275 g/mol. The van der Waals surface area contributed by atoms with Crippen molar-refractivity contribution in [1.29, 1.82) is 0 Å². The van der Waals surface area contributed by atoms with Gasteiger partial charge in [0.15, 0.2) is 0 Å². The molecule has 0 radical (unpaired) electrons. The first-order valence-corrected chi connectivity index (χ1v) is 7.06. The summed E-state index contributed by atoms with van der Waals surface area (Å²) >= 11 is 0. The van der Waals surface area contributed by atoms with Crippen molar-refractivity contribution in [1.82, 2.24) is 10.2 Å². The summed E-state index contributed by atoms with van der Waals surface area (Å²) in [5.41, 5.74) is -0.0809. The minimum Gasteiger partial charge on any atom is -0.394 e. The Kier molecular flexibility index (Phi) is 5.27. The molecule has 2 rings (SSSR count). The molecule has 1 saturated heterocycles. The van der Waals surface area contributed by atoms with Gasteiger partial charge in [0.1, 0.15) is 5.82 Å². The smallest absolute Gasteiger partial charge is 0.254 e. The first kappa shape index (κ1) is 15.4. The van der Waals surface area contributed by atoms with E-state index >= 15 is 0 Å². The number of rotatable bonds is 4. The lowest BCUT2D eigenvalue weighted by Crippen LogP contribution is -2.49. The first-order chi connectivity index (χ1) is 10.1. The van der Waals surface area contributed by atoms with E-state index in [0.717, 1.165) is 19.3 Å². The van der Waals surface area contributed by atoms with Crippen LogP contribution in [-0.2, 0) is 4.79 Å². The average molecular weight is 294 g/mol. The van der Waals surface area contributed by atoms with E-state index < -0.39 is 11.7 Å². The SMILES string of the molecule is O=C(NCC(=O)N1CCCCC1CO)c1ccccc1F. The van der Waals surface area contributed by atoms with Crippen molar-refractivity contribution in [2.24, 2.45) is 0 Å². The highest BCUT2D eigenvalue weighted by molar-refractivity contribution is 5.96. The third-order valence-electron chi connectivity index (χ3n) is 3.68. The van der Waals surface area contributed by atoms with E-state index in [1.165, 1.54) is 18.2 Å². The second-order valence-corrected chi connectivity index (χ2v) is 5.08.